The van der Waals surface area contributed by atoms with Crippen LogP contribution in [0.25, 0.3) is 0 Å². The van der Waals surface area contributed by atoms with Gasteiger partial charge in [-0.05, 0) is 17.7 Å². The molecule has 0 unspecified atom stereocenters. The molecule has 0 aliphatic carbocycles. The normalized spacial score (nSPS) is 13.1. The second-order valence-electron chi connectivity index (χ2n) is 3.68. The first-order valence-corrected chi connectivity index (χ1v) is 6.57. The Bertz CT molecular complexity index is 644. The molecule has 1 aliphatic heterocycles. The van der Waals surface area contributed by atoms with Crippen LogP contribution in [0, 0.1) is 0 Å². The van der Waals surface area contributed by atoms with E-state index in [9.17, 15) is 0 Å². The fourth-order valence-electron chi connectivity index (χ4n) is 1.56. The van der Waals surface area contributed by atoms with Crippen molar-refractivity contribution in [3.05, 3.63) is 28.1 Å². The van der Waals surface area contributed by atoms with Gasteiger partial charge in [0.15, 0.2) is 11.5 Å². The summed E-state index contributed by atoms with van der Waals surface area (Å²) in [6.45, 7) is 0.187. The minimum Gasteiger partial charge on any atom is -0.454 e. The van der Waals surface area contributed by atoms with Gasteiger partial charge in [-0.1, -0.05) is 11.6 Å². The van der Waals surface area contributed by atoms with Gasteiger partial charge < -0.3 is 15.2 Å². The van der Waals surface area contributed by atoms with E-state index in [1.165, 1.54) is 11.3 Å². The Morgan fingerprint density at radius 2 is 2.37 bits per heavy atom. The third-order valence-electron chi connectivity index (χ3n) is 2.35. The van der Waals surface area contributed by atoms with Gasteiger partial charge in [0, 0.05) is 5.38 Å². The SMILES string of the molecule is Nc1csc(NN=Cc2cc(Cl)c3c(c2)OCO3)n1. The van der Waals surface area contributed by atoms with Crippen molar-refractivity contribution in [3.8, 4) is 11.5 Å². The summed E-state index contributed by atoms with van der Waals surface area (Å²) in [6, 6.07) is 3.55. The molecule has 0 saturated heterocycles. The number of anilines is 2. The molecule has 1 aromatic carbocycles. The summed E-state index contributed by atoms with van der Waals surface area (Å²) in [5.74, 6) is 1.65. The Morgan fingerprint density at radius 1 is 1.47 bits per heavy atom. The van der Waals surface area contributed by atoms with Crippen LogP contribution in [0.2, 0.25) is 5.02 Å². The van der Waals surface area contributed by atoms with Crippen molar-refractivity contribution in [3.63, 3.8) is 0 Å². The number of hydrazone groups is 1. The number of nitrogens with one attached hydrogen (secondary N) is 1. The molecule has 19 heavy (non-hydrogen) atoms. The minimum absolute atomic E-state index is 0.187. The van der Waals surface area contributed by atoms with Crippen LogP contribution in [0.1, 0.15) is 5.56 Å². The Kier molecular flexibility index (Phi) is 3.14. The summed E-state index contributed by atoms with van der Waals surface area (Å²) in [7, 11) is 0. The molecule has 0 fully saturated rings. The number of rotatable bonds is 3. The zero-order chi connectivity index (χ0) is 13.2. The summed E-state index contributed by atoms with van der Waals surface area (Å²) in [6.07, 6.45) is 1.62. The Labute approximate surface area is 117 Å². The van der Waals surface area contributed by atoms with Crippen LogP contribution in [0.15, 0.2) is 22.6 Å². The monoisotopic (exact) mass is 296 g/mol. The van der Waals surface area contributed by atoms with E-state index in [1.54, 1.807) is 23.7 Å². The van der Waals surface area contributed by atoms with Gasteiger partial charge in [-0.15, -0.1) is 11.3 Å². The quantitative estimate of drug-likeness (QED) is 0.672. The second kappa shape index (κ2) is 4.94. The van der Waals surface area contributed by atoms with Crippen LogP contribution in [0.4, 0.5) is 10.9 Å². The lowest BCUT2D eigenvalue weighted by molar-refractivity contribution is 0.174. The number of halogens is 1. The molecule has 3 rings (SSSR count). The van der Waals surface area contributed by atoms with Crippen molar-refractivity contribution in [2.24, 2.45) is 5.10 Å². The van der Waals surface area contributed by atoms with Crippen molar-refractivity contribution >= 4 is 40.1 Å². The molecule has 0 radical (unpaired) electrons. The number of nitrogens with zero attached hydrogens (tertiary/aromatic N) is 2. The van der Waals surface area contributed by atoms with Crippen molar-refractivity contribution in [1.29, 1.82) is 0 Å². The van der Waals surface area contributed by atoms with Gasteiger partial charge in [-0.2, -0.15) is 5.10 Å². The smallest absolute Gasteiger partial charge is 0.231 e. The summed E-state index contributed by atoms with van der Waals surface area (Å²) in [5.41, 5.74) is 9.08. The highest BCUT2D eigenvalue weighted by molar-refractivity contribution is 7.14. The predicted molar refractivity (Wildman–Crippen MR) is 75.3 cm³/mol. The summed E-state index contributed by atoms with van der Waals surface area (Å²) >= 11 is 7.44. The van der Waals surface area contributed by atoms with E-state index >= 15 is 0 Å². The third-order valence-corrected chi connectivity index (χ3v) is 3.39. The second-order valence-corrected chi connectivity index (χ2v) is 4.95. The number of thiazole rings is 1. The van der Waals surface area contributed by atoms with E-state index in [-0.39, 0.29) is 6.79 Å². The van der Waals surface area contributed by atoms with E-state index in [1.807, 2.05) is 0 Å². The third kappa shape index (κ3) is 2.56. The zero-order valence-electron chi connectivity index (χ0n) is 9.59. The first-order valence-electron chi connectivity index (χ1n) is 5.31. The van der Waals surface area contributed by atoms with E-state index in [4.69, 9.17) is 26.8 Å². The summed E-state index contributed by atoms with van der Waals surface area (Å²) in [5, 5.41) is 6.91. The first kappa shape index (κ1) is 12.1. The lowest BCUT2D eigenvalue weighted by Gasteiger charge is -2.00. The Balaban J connectivity index is 1.75. The highest BCUT2D eigenvalue weighted by Gasteiger charge is 2.17. The van der Waals surface area contributed by atoms with Gasteiger partial charge in [0.1, 0.15) is 5.82 Å². The maximum absolute atomic E-state index is 6.06. The van der Waals surface area contributed by atoms with Crippen molar-refractivity contribution in [2.75, 3.05) is 18.0 Å². The molecule has 6 nitrogen and oxygen atoms in total. The number of fused-ring (bicyclic) bond motifs is 1. The van der Waals surface area contributed by atoms with Crippen molar-refractivity contribution < 1.29 is 9.47 Å². The number of ether oxygens (including phenoxy) is 2. The number of hydrogen-bond donors (Lipinski definition) is 2. The Hall–Kier alpha value is -1.99. The van der Waals surface area contributed by atoms with Crippen molar-refractivity contribution in [1.82, 2.24) is 4.98 Å². The maximum atomic E-state index is 6.06. The Morgan fingerprint density at radius 3 is 3.16 bits per heavy atom. The van der Waals surface area contributed by atoms with Crippen LogP contribution in [0.5, 0.6) is 11.5 Å². The van der Waals surface area contributed by atoms with Gasteiger partial charge in [0.05, 0.1) is 11.2 Å². The summed E-state index contributed by atoms with van der Waals surface area (Å²) in [4.78, 5) is 4.02. The molecule has 0 bridgehead atoms. The minimum atomic E-state index is 0.187. The largest absolute Gasteiger partial charge is 0.454 e. The molecule has 3 N–H and O–H groups in total. The molecule has 0 atom stereocenters. The number of aromatic nitrogens is 1. The van der Waals surface area contributed by atoms with Crippen LogP contribution in [-0.2, 0) is 0 Å². The number of hydrogen-bond acceptors (Lipinski definition) is 7. The van der Waals surface area contributed by atoms with E-state index in [2.05, 4.69) is 15.5 Å². The number of nitrogens with two attached hydrogens (primary N) is 1. The molecule has 8 heteroatoms. The topological polar surface area (TPSA) is 81.8 Å². The van der Waals surface area contributed by atoms with Crippen LogP contribution < -0.4 is 20.6 Å². The van der Waals surface area contributed by atoms with Crippen LogP contribution in [0.3, 0.4) is 0 Å². The lowest BCUT2D eigenvalue weighted by Crippen LogP contribution is -1.93. The van der Waals surface area contributed by atoms with E-state index in [0.29, 0.717) is 27.5 Å². The lowest BCUT2D eigenvalue weighted by atomic mass is 10.2. The molecule has 0 saturated carbocycles. The fourth-order valence-corrected chi connectivity index (χ4v) is 2.38. The summed E-state index contributed by atoms with van der Waals surface area (Å²) < 4.78 is 10.5. The number of benzene rings is 1. The molecule has 1 aromatic heterocycles. The highest BCUT2D eigenvalue weighted by Crippen LogP contribution is 2.39. The number of nitrogen functional groups attached to an aromatic ring is 1. The van der Waals surface area contributed by atoms with E-state index < -0.39 is 0 Å². The van der Waals surface area contributed by atoms with Gasteiger partial charge in [-0.25, -0.2) is 4.98 Å². The van der Waals surface area contributed by atoms with E-state index in [0.717, 1.165) is 5.56 Å². The van der Waals surface area contributed by atoms with Gasteiger partial charge in [0.25, 0.3) is 0 Å². The maximum Gasteiger partial charge on any atom is 0.231 e. The predicted octanol–water partition coefficient (Wildman–Crippen LogP) is 2.55. The highest BCUT2D eigenvalue weighted by atomic mass is 35.5. The average molecular weight is 297 g/mol. The van der Waals surface area contributed by atoms with Crippen LogP contribution in [-0.4, -0.2) is 18.0 Å². The molecular formula is C11H9ClN4O2S. The molecular weight excluding hydrogens is 288 g/mol. The standard InChI is InChI=1S/C11H9ClN4O2S/c12-7-1-6(2-8-10(7)18-5-17-8)3-14-16-11-15-9(13)4-19-11/h1-4H,5,13H2,(H,15,16). The average Bonchev–Trinajstić information content (AvgIpc) is 2.98. The zero-order valence-corrected chi connectivity index (χ0v) is 11.2. The molecule has 2 heterocycles. The molecule has 98 valence electrons. The van der Waals surface area contributed by atoms with Gasteiger partial charge >= 0.3 is 0 Å². The van der Waals surface area contributed by atoms with Crippen LogP contribution >= 0.6 is 22.9 Å². The molecule has 2 aromatic rings. The first-order chi connectivity index (χ1) is 9.22. The fraction of sp³-hybridized carbons (Fsp3) is 0.0909. The van der Waals surface area contributed by atoms with Gasteiger partial charge in [-0.3, -0.25) is 5.43 Å². The molecule has 1 aliphatic rings. The van der Waals surface area contributed by atoms with Crippen molar-refractivity contribution in [2.45, 2.75) is 0 Å². The molecule has 0 amide bonds. The molecule has 0 spiro atoms. The van der Waals surface area contributed by atoms with Gasteiger partial charge in [0.2, 0.25) is 11.9 Å².